The third-order valence-corrected chi connectivity index (χ3v) is 2.81. The second-order valence-corrected chi connectivity index (χ2v) is 4.13. The molecule has 2 N–H and O–H groups in total. The highest BCUT2D eigenvalue weighted by Crippen LogP contribution is 2.05. The molecule has 0 amide bonds. The molecule has 1 saturated heterocycles. The van der Waals surface area contributed by atoms with Crippen LogP contribution in [-0.4, -0.2) is 66.5 Å². The minimum absolute atomic E-state index is 0.332. The first-order valence-corrected chi connectivity index (χ1v) is 6.00. The Morgan fingerprint density at radius 1 is 1.33 bits per heavy atom. The van der Waals surface area contributed by atoms with Crippen LogP contribution in [0.1, 0.15) is 0 Å². The molecular formula is C11H17BN2O4. The third-order valence-electron chi connectivity index (χ3n) is 2.81. The van der Waals surface area contributed by atoms with Crippen molar-refractivity contribution < 1.29 is 19.5 Å². The number of hydrogen-bond donors (Lipinski definition) is 2. The Labute approximate surface area is 106 Å². The van der Waals surface area contributed by atoms with Crippen LogP contribution in [0.25, 0.3) is 0 Å². The molecule has 1 aromatic rings. The lowest BCUT2D eigenvalue weighted by Gasteiger charge is -2.26. The van der Waals surface area contributed by atoms with Crippen molar-refractivity contribution in [2.45, 2.75) is 0 Å². The monoisotopic (exact) mass is 252 g/mol. The van der Waals surface area contributed by atoms with Crippen molar-refractivity contribution >= 4 is 12.6 Å². The van der Waals surface area contributed by atoms with Crippen LogP contribution in [-0.2, 0) is 4.74 Å². The van der Waals surface area contributed by atoms with Gasteiger partial charge in [0.15, 0.2) is 0 Å². The van der Waals surface area contributed by atoms with E-state index in [1.165, 1.54) is 6.20 Å². The minimum atomic E-state index is -1.51. The normalized spacial score (nSPS) is 16.6. The number of hydrogen-bond acceptors (Lipinski definition) is 6. The van der Waals surface area contributed by atoms with Crippen molar-refractivity contribution in [2.24, 2.45) is 0 Å². The molecule has 0 bridgehead atoms. The van der Waals surface area contributed by atoms with Gasteiger partial charge in [0.25, 0.3) is 0 Å². The lowest BCUT2D eigenvalue weighted by atomic mass is 9.82. The number of ether oxygens (including phenoxy) is 2. The van der Waals surface area contributed by atoms with Crippen molar-refractivity contribution in [3.8, 4) is 5.75 Å². The van der Waals surface area contributed by atoms with Crippen molar-refractivity contribution in [2.75, 3.05) is 39.5 Å². The van der Waals surface area contributed by atoms with Gasteiger partial charge < -0.3 is 19.5 Å². The van der Waals surface area contributed by atoms with Gasteiger partial charge in [0, 0.05) is 31.3 Å². The summed E-state index contributed by atoms with van der Waals surface area (Å²) in [4.78, 5) is 6.16. The average Bonchev–Trinajstić information content (AvgIpc) is 2.40. The molecule has 0 atom stereocenters. The first kappa shape index (κ1) is 13.3. The zero-order valence-corrected chi connectivity index (χ0v) is 10.2. The van der Waals surface area contributed by atoms with E-state index in [4.69, 9.17) is 19.5 Å². The molecule has 0 saturated carbocycles. The van der Waals surface area contributed by atoms with Crippen LogP contribution >= 0.6 is 0 Å². The molecule has 18 heavy (non-hydrogen) atoms. The van der Waals surface area contributed by atoms with Gasteiger partial charge in [-0.3, -0.25) is 9.88 Å². The molecule has 7 heteroatoms. The molecule has 0 aliphatic carbocycles. The predicted molar refractivity (Wildman–Crippen MR) is 66.8 cm³/mol. The fourth-order valence-corrected chi connectivity index (χ4v) is 1.77. The Morgan fingerprint density at radius 2 is 2.11 bits per heavy atom. The van der Waals surface area contributed by atoms with Gasteiger partial charge in [0.05, 0.1) is 19.4 Å². The van der Waals surface area contributed by atoms with E-state index in [-0.39, 0.29) is 0 Å². The lowest BCUT2D eigenvalue weighted by molar-refractivity contribution is 0.0322. The molecule has 0 spiro atoms. The largest absolute Gasteiger partial charge is 0.491 e. The van der Waals surface area contributed by atoms with Gasteiger partial charge in [0.1, 0.15) is 12.4 Å². The van der Waals surface area contributed by atoms with Gasteiger partial charge >= 0.3 is 7.12 Å². The van der Waals surface area contributed by atoms with E-state index in [2.05, 4.69) is 9.88 Å². The zero-order valence-electron chi connectivity index (χ0n) is 10.2. The minimum Gasteiger partial charge on any atom is -0.491 e. The van der Waals surface area contributed by atoms with Crippen molar-refractivity contribution in [1.29, 1.82) is 0 Å². The Morgan fingerprint density at radius 3 is 2.83 bits per heavy atom. The Kier molecular flexibility index (Phi) is 4.95. The molecule has 0 aromatic carbocycles. The molecule has 2 rings (SSSR count). The van der Waals surface area contributed by atoms with Crippen LogP contribution < -0.4 is 10.2 Å². The third kappa shape index (κ3) is 3.95. The summed E-state index contributed by atoms with van der Waals surface area (Å²) in [5.74, 6) is 0.550. The van der Waals surface area contributed by atoms with Gasteiger partial charge in [-0.05, 0) is 6.07 Å². The molecule has 1 aromatic heterocycles. The van der Waals surface area contributed by atoms with Crippen molar-refractivity contribution in [1.82, 2.24) is 9.88 Å². The Hall–Kier alpha value is -1.15. The van der Waals surface area contributed by atoms with Gasteiger partial charge in [0.2, 0.25) is 0 Å². The van der Waals surface area contributed by atoms with E-state index in [0.29, 0.717) is 17.8 Å². The van der Waals surface area contributed by atoms with Crippen molar-refractivity contribution in [3.05, 3.63) is 18.5 Å². The SMILES string of the molecule is OB(O)c1cncc(OCCN2CCOCC2)c1. The van der Waals surface area contributed by atoms with E-state index in [1.54, 1.807) is 12.3 Å². The zero-order chi connectivity index (χ0) is 12.8. The summed E-state index contributed by atoms with van der Waals surface area (Å²) < 4.78 is 10.8. The second-order valence-electron chi connectivity index (χ2n) is 4.13. The summed E-state index contributed by atoms with van der Waals surface area (Å²) >= 11 is 0. The predicted octanol–water partition coefficient (Wildman–Crippen LogP) is -1.53. The van der Waals surface area contributed by atoms with E-state index in [9.17, 15) is 0 Å². The summed E-state index contributed by atoms with van der Waals surface area (Å²) in [7, 11) is -1.51. The fraction of sp³-hybridized carbons (Fsp3) is 0.545. The molecule has 0 radical (unpaired) electrons. The molecule has 1 aliphatic heterocycles. The fourth-order valence-electron chi connectivity index (χ4n) is 1.77. The summed E-state index contributed by atoms with van der Waals surface area (Å²) in [6.07, 6.45) is 2.96. The van der Waals surface area contributed by atoms with Crippen LogP contribution in [0.15, 0.2) is 18.5 Å². The topological polar surface area (TPSA) is 75.0 Å². The molecule has 98 valence electrons. The van der Waals surface area contributed by atoms with Gasteiger partial charge in [-0.2, -0.15) is 0 Å². The van der Waals surface area contributed by atoms with Gasteiger partial charge in [-0.15, -0.1) is 0 Å². The second kappa shape index (κ2) is 6.70. The van der Waals surface area contributed by atoms with Gasteiger partial charge in [-0.1, -0.05) is 0 Å². The van der Waals surface area contributed by atoms with Crippen LogP contribution in [0.5, 0.6) is 5.75 Å². The maximum Gasteiger partial charge on any atom is 0.490 e. The molecule has 1 aliphatic rings. The summed E-state index contributed by atoms with van der Waals surface area (Å²) in [5.41, 5.74) is 0.332. The first-order valence-electron chi connectivity index (χ1n) is 6.00. The Bertz CT molecular complexity index is 372. The van der Waals surface area contributed by atoms with Crippen LogP contribution in [0.3, 0.4) is 0 Å². The summed E-state index contributed by atoms with van der Waals surface area (Å²) in [5, 5.41) is 18.0. The molecule has 0 unspecified atom stereocenters. The number of aromatic nitrogens is 1. The van der Waals surface area contributed by atoms with Crippen LogP contribution in [0.4, 0.5) is 0 Å². The summed E-state index contributed by atoms with van der Waals surface area (Å²) in [6, 6.07) is 1.58. The first-order chi connectivity index (χ1) is 8.75. The molecule has 6 nitrogen and oxygen atoms in total. The maximum atomic E-state index is 9.02. The molecular weight excluding hydrogens is 235 g/mol. The average molecular weight is 252 g/mol. The Balaban J connectivity index is 1.77. The highest BCUT2D eigenvalue weighted by Gasteiger charge is 2.13. The molecule has 2 heterocycles. The number of morpholine rings is 1. The van der Waals surface area contributed by atoms with Crippen molar-refractivity contribution in [3.63, 3.8) is 0 Å². The highest BCUT2D eigenvalue weighted by molar-refractivity contribution is 6.58. The van der Waals surface area contributed by atoms with E-state index >= 15 is 0 Å². The highest BCUT2D eigenvalue weighted by atomic mass is 16.5. The summed E-state index contributed by atoms with van der Waals surface area (Å²) in [6.45, 7) is 4.78. The smallest absolute Gasteiger partial charge is 0.490 e. The van der Waals surface area contributed by atoms with E-state index in [0.717, 1.165) is 32.8 Å². The lowest BCUT2D eigenvalue weighted by Crippen LogP contribution is -2.38. The number of rotatable bonds is 5. The standard InChI is InChI=1S/C11H17BN2O4/c15-12(16)10-7-11(9-13-8-10)18-6-3-14-1-4-17-5-2-14/h7-9,15-16H,1-6H2. The van der Waals surface area contributed by atoms with Gasteiger partial charge in [-0.25, -0.2) is 0 Å². The quantitative estimate of drug-likeness (QED) is 0.619. The molecule has 1 fully saturated rings. The number of nitrogens with zero attached hydrogens (tertiary/aromatic N) is 2. The van der Waals surface area contributed by atoms with Crippen LogP contribution in [0.2, 0.25) is 0 Å². The van der Waals surface area contributed by atoms with Crippen LogP contribution in [0, 0.1) is 0 Å². The number of pyridine rings is 1. The van der Waals surface area contributed by atoms with E-state index in [1.807, 2.05) is 0 Å². The maximum absolute atomic E-state index is 9.02. The van der Waals surface area contributed by atoms with E-state index < -0.39 is 7.12 Å².